The molecule has 2 amide bonds. The summed E-state index contributed by atoms with van der Waals surface area (Å²) in [5, 5.41) is 10.4. The van der Waals surface area contributed by atoms with E-state index >= 15 is 0 Å². The smallest absolute Gasteiger partial charge is 0.410 e. The van der Waals surface area contributed by atoms with Gasteiger partial charge in [-0.2, -0.15) is 0 Å². The van der Waals surface area contributed by atoms with Crippen LogP contribution in [-0.2, 0) is 4.79 Å². The van der Waals surface area contributed by atoms with Gasteiger partial charge in [-0.15, -0.1) is 0 Å². The maximum absolute atomic E-state index is 13.8. The van der Waals surface area contributed by atoms with E-state index in [1.807, 2.05) is 48.2 Å². The Hall–Kier alpha value is -3.69. The van der Waals surface area contributed by atoms with Crippen LogP contribution in [0.1, 0.15) is 49.8 Å². The number of rotatable bonds is 7. The Kier molecular flexibility index (Phi) is 9.28. The van der Waals surface area contributed by atoms with Gasteiger partial charge in [0, 0.05) is 55.8 Å². The van der Waals surface area contributed by atoms with Crippen LogP contribution in [0.2, 0.25) is 5.02 Å². The Bertz CT molecular complexity index is 1360. The number of likely N-dealkylation sites (N-methyl/N-ethyl adjacent to an activating group) is 1. The molecule has 2 saturated heterocycles. The molecule has 42 heavy (non-hydrogen) atoms. The van der Waals surface area contributed by atoms with Crippen molar-refractivity contribution in [1.82, 2.24) is 14.8 Å². The molecular formula is C32H36ClFN4O4. The van der Waals surface area contributed by atoms with E-state index in [9.17, 15) is 19.1 Å². The van der Waals surface area contributed by atoms with Gasteiger partial charge in [0.25, 0.3) is 0 Å². The number of pyridine rings is 1. The lowest BCUT2D eigenvalue weighted by molar-refractivity contribution is -0.135. The third-order valence-corrected chi connectivity index (χ3v) is 8.57. The molecule has 2 aliphatic rings. The van der Waals surface area contributed by atoms with Gasteiger partial charge >= 0.3 is 6.09 Å². The number of aliphatic hydroxyl groups excluding tert-OH is 1. The Morgan fingerprint density at radius 2 is 1.76 bits per heavy atom. The molecule has 0 aliphatic carbocycles. The SMILES string of the molecule is CCN(C(=O)Oc1ccc(F)cc1)C1CN(C(=O)C2CCN(c3ccc(C(C)O)cn3)CC2)CC1c1ccc(Cl)cc1. The van der Waals surface area contributed by atoms with E-state index in [-0.39, 0.29) is 29.5 Å². The van der Waals surface area contributed by atoms with Crippen molar-refractivity contribution in [3.05, 3.63) is 88.8 Å². The summed E-state index contributed by atoms with van der Waals surface area (Å²) in [5.74, 6) is 0.540. The van der Waals surface area contributed by atoms with Crippen LogP contribution in [0.25, 0.3) is 0 Å². The molecule has 3 heterocycles. The normalized spacial score (nSPS) is 19.9. The van der Waals surface area contributed by atoms with E-state index < -0.39 is 18.0 Å². The van der Waals surface area contributed by atoms with Gasteiger partial charge in [-0.3, -0.25) is 4.79 Å². The van der Waals surface area contributed by atoms with Gasteiger partial charge in [0.15, 0.2) is 0 Å². The first-order valence-electron chi connectivity index (χ1n) is 14.4. The van der Waals surface area contributed by atoms with Gasteiger partial charge in [0.1, 0.15) is 17.4 Å². The summed E-state index contributed by atoms with van der Waals surface area (Å²) >= 11 is 6.16. The number of benzene rings is 2. The third-order valence-electron chi connectivity index (χ3n) is 8.31. The van der Waals surface area contributed by atoms with Crippen molar-refractivity contribution in [2.45, 2.75) is 44.8 Å². The first-order valence-corrected chi connectivity index (χ1v) is 14.8. The number of ether oxygens (including phenoxy) is 1. The predicted molar refractivity (Wildman–Crippen MR) is 159 cm³/mol. The average molecular weight is 595 g/mol. The molecule has 3 aromatic rings. The fourth-order valence-electron chi connectivity index (χ4n) is 5.93. The number of carbonyl (C=O) groups excluding carboxylic acids is 2. The maximum Gasteiger partial charge on any atom is 0.415 e. The Labute approximate surface area is 250 Å². The van der Waals surface area contributed by atoms with Crippen molar-refractivity contribution in [2.24, 2.45) is 5.92 Å². The molecule has 3 atom stereocenters. The van der Waals surface area contributed by atoms with E-state index in [0.717, 1.165) is 16.9 Å². The van der Waals surface area contributed by atoms with Crippen molar-refractivity contribution >= 4 is 29.4 Å². The predicted octanol–water partition coefficient (Wildman–Crippen LogP) is 5.66. The van der Waals surface area contributed by atoms with Crippen molar-refractivity contribution in [2.75, 3.05) is 37.6 Å². The number of nitrogens with zero attached hydrogens (tertiary/aromatic N) is 4. The lowest BCUT2D eigenvalue weighted by atomic mass is 9.93. The summed E-state index contributed by atoms with van der Waals surface area (Å²) in [6.45, 7) is 6.27. The van der Waals surface area contributed by atoms with Crippen molar-refractivity contribution < 1.29 is 23.8 Å². The monoisotopic (exact) mass is 594 g/mol. The molecule has 0 spiro atoms. The number of aliphatic hydroxyl groups is 1. The van der Waals surface area contributed by atoms with Crippen LogP contribution in [0.15, 0.2) is 66.9 Å². The summed E-state index contributed by atoms with van der Waals surface area (Å²) in [6.07, 6.45) is 2.00. The molecule has 0 bridgehead atoms. The van der Waals surface area contributed by atoms with E-state index in [1.54, 1.807) is 18.0 Å². The largest absolute Gasteiger partial charge is 0.415 e. The number of amides is 2. The topological polar surface area (TPSA) is 86.2 Å². The van der Waals surface area contributed by atoms with Gasteiger partial charge in [-0.25, -0.2) is 14.2 Å². The zero-order chi connectivity index (χ0) is 29.8. The zero-order valence-corrected chi connectivity index (χ0v) is 24.6. The number of carbonyl (C=O) groups is 2. The highest BCUT2D eigenvalue weighted by molar-refractivity contribution is 6.30. The molecule has 8 nitrogen and oxygen atoms in total. The van der Waals surface area contributed by atoms with Crippen molar-refractivity contribution in [1.29, 1.82) is 0 Å². The Morgan fingerprint density at radius 3 is 2.36 bits per heavy atom. The summed E-state index contributed by atoms with van der Waals surface area (Å²) in [6, 6.07) is 16.4. The van der Waals surface area contributed by atoms with Crippen LogP contribution in [0, 0.1) is 11.7 Å². The lowest BCUT2D eigenvalue weighted by Crippen LogP contribution is -2.47. The Balaban J connectivity index is 1.28. The van der Waals surface area contributed by atoms with E-state index in [2.05, 4.69) is 9.88 Å². The molecule has 5 rings (SSSR count). The van der Waals surface area contributed by atoms with Gasteiger partial charge in [-0.1, -0.05) is 29.8 Å². The van der Waals surface area contributed by atoms with Crippen LogP contribution < -0.4 is 9.64 Å². The first-order chi connectivity index (χ1) is 20.2. The fraction of sp³-hybridized carbons (Fsp3) is 0.406. The number of halogens is 2. The second-order valence-electron chi connectivity index (χ2n) is 11.0. The zero-order valence-electron chi connectivity index (χ0n) is 23.8. The molecule has 222 valence electrons. The minimum absolute atomic E-state index is 0.0940. The first kappa shape index (κ1) is 29.8. The lowest BCUT2D eigenvalue weighted by Gasteiger charge is -2.34. The summed E-state index contributed by atoms with van der Waals surface area (Å²) in [4.78, 5) is 37.3. The van der Waals surface area contributed by atoms with E-state index in [1.165, 1.54) is 24.3 Å². The quantitative estimate of drug-likeness (QED) is 0.380. The minimum atomic E-state index is -0.565. The highest BCUT2D eigenvalue weighted by atomic mass is 35.5. The second kappa shape index (κ2) is 13.1. The fourth-order valence-corrected chi connectivity index (χ4v) is 6.05. The summed E-state index contributed by atoms with van der Waals surface area (Å²) in [7, 11) is 0. The van der Waals surface area contributed by atoms with Crippen molar-refractivity contribution in [3.8, 4) is 5.75 Å². The van der Waals surface area contributed by atoms with Crippen molar-refractivity contribution in [3.63, 3.8) is 0 Å². The molecule has 0 radical (unpaired) electrons. The van der Waals surface area contributed by atoms with Crippen LogP contribution in [0.5, 0.6) is 5.75 Å². The van der Waals surface area contributed by atoms with E-state index in [4.69, 9.17) is 16.3 Å². The van der Waals surface area contributed by atoms with Crippen LogP contribution in [0.4, 0.5) is 15.0 Å². The van der Waals surface area contributed by atoms with Crippen LogP contribution in [0.3, 0.4) is 0 Å². The molecule has 0 saturated carbocycles. The maximum atomic E-state index is 13.8. The molecule has 2 aliphatic heterocycles. The highest BCUT2D eigenvalue weighted by Crippen LogP contribution is 2.35. The molecule has 1 N–H and O–H groups in total. The molecule has 2 fully saturated rings. The number of piperidine rings is 1. The Morgan fingerprint density at radius 1 is 1.07 bits per heavy atom. The van der Waals surface area contributed by atoms with Crippen LogP contribution in [-0.4, -0.2) is 70.7 Å². The number of hydrogen-bond acceptors (Lipinski definition) is 6. The number of likely N-dealkylation sites (tertiary alicyclic amines) is 1. The molecule has 1 aromatic heterocycles. The number of hydrogen-bond donors (Lipinski definition) is 1. The highest BCUT2D eigenvalue weighted by Gasteiger charge is 2.43. The molecular weight excluding hydrogens is 559 g/mol. The van der Waals surface area contributed by atoms with Crippen LogP contribution >= 0.6 is 11.6 Å². The van der Waals surface area contributed by atoms with Gasteiger partial charge in [-0.05, 0) is 80.3 Å². The van der Waals surface area contributed by atoms with Gasteiger partial charge in [0.05, 0.1) is 12.1 Å². The molecule has 3 unspecified atom stereocenters. The van der Waals surface area contributed by atoms with E-state index in [0.29, 0.717) is 50.6 Å². The standard InChI is InChI=1S/C32H36ClFN4O4/c1-3-38(32(41)42-27-11-9-26(34)10-12-27)29-20-37(19-28(29)22-4-7-25(33)8-5-22)31(40)23-14-16-36(17-15-23)30-13-6-24(18-35-30)21(2)39/h4-13,18,21,23,28-29,39H,3,14-17,19-20H2,1-2H3. The third kappa shape index (κ3) is 6.68. The summed E-state index contributed by atoms with van der Waals surface area (Å²) in [5.41, 5.74) is 1.76. The van der Waals surface area contributed by atoms with Gasteiger partial charge < -0.3 is 24.5 Å². The number of aromatic nitrogens is 1. The number of anilines is 1. The minimum Gasteiger partial charge on any atom is -0.410 e. The van der Waals surface area contributed by atoms with Gasteiger partial charge in [0.2, 0.25) is 5.91 Å². The average Bonchev–Trinajstić information content (AvgIpc) is 3.44. The molecule has 10 heteroatoms. The molecule has 2 aromatic carbocycles. The summed E-state index contributed by atoms with van der Waals surface area (Å²) < 4.78 is 19.0. The second-order valence-corrected chi connectivity index (χ2v) is 11.4.